The Bertz CT molecular complexity index is 832. The molecule has 0 atom stereocenters. The highest BCUT2D eigenvalue weighted by Gasteiger charge is 2.16. The molecule has 3 aromatic rings. The van der Waals surface area contributed by atoms with Crippen LogP contribution in [-0.2, 0) is 0 Å². The summed E-state index contributed by atoms with van der Waals surface area (Å²) in [6.07, 6.45) is 0. The third-order valence-corrected chi connectivity index (χ3v) is 5.15. The van der Waals surface area contributed by atoms with Crippen LogP contribution < -0.4 is 5.32 Å². The van der Waals surface area contributed by atoms with E-state index in [0.717, 1.165) is 31.8 Å². The summed E-state index contributed by atoms with van der Waals surface area (Å²) in [6, 6.07) is 16.2. The van der Waals surface area contributed by atoms with Crippen molar-refractivity contribution in [2.75, 3.05) is 5.32 Å². The van der Waals surface area contributed by atoms with Crippen LogP contribution >= 0.6 is 11.3 Å². The highest BCUT2D eigenvalue weighted by Crippen LogP contribution is 2.32. The molecule has 1 aromatic heterocycles. The second-order valence-corrected chi connectivity index (χ2v) is 6.80. The summed E-state index contributed by atoms with van der Waals surface area (Å²) in [6.45, 7) is 6.29. The second-order valence-electron chi connectivity index (χ2n) is 5.75. The molecule has 3 rings (SSSR count). The van der Waals surface area contributed by atoms with Gasteiger partial charge >= 0.3 is 0 Å². The van der Waals surface area contributed by atoms with Gasteiger partial charge in [0.2, 0.25) is 0 Å². The van der Waals surface area contributed by atoms with Gasteiger partial charge in [0.25, 0.3) is 5.91 Å². The monoisotopic (exact) mass is 309 g/mol. The van der Waals surface area contributed by atoms with Crippen molar-refractivity contribution in [3.05, 3.63) is 64.5 Å². The predicted octanol–water partition coefficient (Wildman–Crippen LogP) is 5.59. The van der Waals surface area contributed by atoms with Gasteiger partial charge in [0, 0.05) is 10.4 Å². The molecule has 0 aliphatic carbocycles. The average molecular weight is 309 g/mol. The van der Waals surface area contributed by atoms with Crippen molar-refractivity contribution in [3.8, 4) is 0 Å². The number of anilines is 1. The van der Waals surface area contributed by atoms with Crippen LogP contribution in [0.5, 0.6) is 0 Å². The Labute approximate surface area is 134 Å². The quantitative estimate of drug-likeness (QED) is 0.671. The van der Waals surface area contributed by atoms with Crippen molar-refractivity contribution in [3.63, 3.8) is 0 Å². The third-order valence-electron chi connectivity index (χ3n) is 3.88. The van der Waals surface area contributed by atoms with Gasteiger partial charge < -0.3 is 5.32 Å². The molecule has 0 bridgehead atoms. The first-order valence-corrected chi connectivity index (χ1v) is 8.28. The topological polar surface area (TPSA) is 29.1 Å². The molecular weight excluding hydrogens is 290 g/mol. The first-order valence-electron chi connectivity index (χ1n) is 7.46. The molecular formula is C19H19NOS. The van der Waals surface area contributed by atoms with Crippen molar-refractivity contribution in [1.82, 2.24) is 0 Å². The summed E-state index contributed by atoms with van der Waals surface area (Å²) in [4.78, 5) is 13.5. The van der Waals surface area contributed by atoms with Crippen LogP contribution in [-0.4, -0.2) is 5.91 Å². The highest BCUT2D eigenvalue weighted by molar-refractivity contribution is 7.21. The van der Waals surface area contributed by atoms with Gasteiger partial charge in [0.05, 0.1) is 4.88 Å². The molecule has 1 heterocycles. The number of carbonyl (C=O) groups is 1. The molecule has 1 amide bonds. The SMILES string of the molecule is Cc1c(C(=O)Nc2ccccc2C(C)C)sc2ccccc12. The summed E-state index contributed by atoms with van der Waals surface area (Å²) in [5.41, 5.74) is 3.12. The van der Waals surface area contributed by atoms with Gasteiger partial charge in [0.1, 0.15) is 0 Å². The lowest BCUT2D eigenvalue weighted by molar-refractivity contribution is 0.103. The standard InChI is InChI=1S/C19H19NOS/c1-12(2)14-8-4-6-10-16(14)20-19(21)18-13(3)15-9-5-7-11-17(15)22-18/h4-12H,1-3H3,(H,20,21). The number of hydrogen-bond acceptors (Lipinski definition) is 2. The van der Waals surface area contributed by atoms with E-state index in [4.69, 9.17) is 0 Å². The van der Waals surface area contributed by atoms with E-state index in [9.17, 15) is 4.79 Å². The summed E-state index contributed by atoms with van der Waals surface area (Å²) in [5, 5.41) is 4.24. The van der Waals surface area contributed by atoms with Gasteiger partial charge in [-0.15, -0.1) is 11.3 Å². The zero-order valence-electron chi connectivity index (χ0n) is 13.0. The maximum Gasteiger partial charge on any atom is 0.266 e. The molecule has 0 aliphatic heterocycles. The molecule has 0 unspecified atom stereocenters. The molecule has 0 spiro atoms. The van der Waals surface area contributed by atoms with E-state index in [0.29, 0.717) is 5.92 Å². The van der Waals surface area contributed by atoms with Crippen molar-refractivity contribution < 1.29 is 4.79 Å². The molecule has 2 nitrogen and oxygen atoms in total. The molecule has 1 N–H and O–H groups in total. The zero-order valence-corrected chi connectivity index (χ0v) is 13.8. The summed E-state index contributed by atoms with van der Waals surface area (Å²) < 4.78 is 1.15. The maximum atomic E-state index is 12.7. The van der Waals surface area contributed by atoms with Crippen LogP contribution in [0.4, 0.5) is 5.69 Å². The fourth-order valence-electron chi connectivity index (χ4n) is 2.68. The number of aryl methyl sites for hydroxylation is 1. The number of amides is 1. The number of para-hydroxylation sites is 1. The zero-order chi connectivity index (χ0) is 15.7. The maximum absolute atomic E-state index is 12.7. The minimum absolute atomic E-state index is 0.0215. The smallest absolute Gasteiger partial charge is 0.266 e. The number of benzene rings is 2. The van der Waals surface area contributed by atoms with E-state index in [2.05, 4.69) is 37.4 Å². The molecule has 0 fully saturated rings. The van der Waals surface area contributed by atoms with E-state index >= 15 is 0 Å². The Balaban J connectivity index is 1.96. The molecule has 0 saturated heterocycles. The Morgan fingerprint density at radius 1 is 1.05 bits per heavy atom. The Kier molecular flexibility index (Phi) is 3.99. The predicted molar refractivity (Wildman–Crippen MR) is 95.0 cm³/mol. The number of thiophene rings is 1. The van der Waals surface area contributed by atoms with Gasteiger partial charge in [-0.25, -0.2) is 0 Å². The number of rotatable bonds is 3. The van der Waals surface area contributed by atoms with Crippen LogP contribution in [0.3, 0.4) is 0 Å². The minimum Gasteiger partial charge on any atom is -0.321 e. The molecule has 112 valence electrons. The molecule has 0 saturated carbocycles. The summed E-state index contributed by atoms with van der Waals surface area (Å²) in [5.74, 6) is 0.354. The second kappa shape index (κ2) is 5.93. The first kappa shape index (κ1) is 14.8. The van der Waals surface area contributed by atoms with E-state index in [-0.39, 0.29) is 5.91 Å². The van der Waals surface area contributed by atoms with Crippen molar-refractivity contribution in [2.45, 2.75) is 26.7 Å². The van der Waals surface area contributed by atoms with Crippen molar-refractivity contribution in [2.24, 2.45) is 0 Å². The highest BCUT2D eigenvalue weighted by atomic mass is 32.1. The van der Waals surface area contributed by atoms with E-state index in [1.807, 2.05) is 37.3 Å². The van der Waals surface area contributed by atoms with Crippen LogP contribution in [0.2, 0.25) is 0 Å². The van der Waals surface area contributed by atoms with Crippen LogP contribution in [0.1, 0.15) is 40.6 Å². The van der Waals surface area contributed by atoms with Crippen LogP contribution in [0.15, 0.2) is 48.5 Å². The Morgan fingerprint density at radius 3 is 2.45 bits per heavy atom. The fourth-order valence-corrected chi connectivity index (χ4v) is 3.79. The fraction of sp³-hybridized carbons (Fsp3) is 0.211. The van der Waals surface area contributed by atoms with E-state index < -0.39 is 0 Å². The van der Waals surface area contributed by atoms with Gasteiger partial charge in [-0.1, -0.05) is 50.2 Å². The number of nitrogens with one attached hydrogen (secondary N) is 1. The van der Waals surface area contributed by atoms with Gasteiger partial charge in [-0.05, 0) is 41.5 Å². The van der Waals surface area contributed by atoms with Crippen molar-refractivity contribution in [1.29, 1.82) is 0 Å². The molecule has 0 aliphatic rings. The number of carbonyl (C=O) groups excluding carboxylic acids is 1. The first-order chi connectivity index (χ1) is 10.6. The van der Waals surface area contributed by atoms with Gasteiger partial charge in [-0.3, -0.25) is 4.79 Å². The third kappa shape index (κ3) is 2.64. The van der Waals surface area contributed by atoms with Gasteiger partial charge in [-0.2, -0.15) is 0 Å². The molecule has 0 radical (unpaired) electrons. The van der Waals surface area contributed by atoms with E-state index in [1.165, 1.54) is 0 Å². The largest absolute Gasteiger partial charge is 0.321 e. The van der Waals surface area contributed by atoms with Gasteiger partial charge in [0.15, 0.2) is 0 Å². The van der Waals surface area contributed by atoms with Crippen molar-refractivity contribution >= 4 is 33.0 Å². The van der Waals surface area contributed by atoms with Crippen LogP contribution in [0.25, 0.3) is 10.1 Å². The lowest BCUT2D eigenvalue weighted by Crippen LogP contribution is -2.13. The minimum atomic E-state index is -0.0215. The molecule has 2 aromatic carbocycles. The van der Waals surface area contributed by atoms with E-state index in [1.54, 1.807) is 11.3 Å². The summed E-state index contributed by atoms with van der Waals surface area (Å²) in [7, 11) is 0. The number of hydrogen-bond donors (Lipinski definition) is 1. The summed E-state index contributed by atoms with van der Waals surface area (Å²) >= 11 is 1.55. The Hall–Kier alpha value is -2.13. The lowest BCUT2D eigenvalue weighted by Gasteiger charge is -2.13. The van der Waals surface area contributed by atoms with Crippen LogP contribution in [0, 0.1) is 6.92 Å². The molecule has 3 heteroatoms. The number of fused-ring (bicyclic) bond motifs is 1. The molecule has 22 heavy (non-hydrogen) atoms. The lowest BCUT2D eigenvalue weighted by atomic mass is 10.0. The normalized spacial score (nSPS) is 11.1. The Morgan fingerprint density at radius 2 is 1.73 bits per heavy atom. The average Bonchev–Trinajstić information content (AvgIpc) is 2.85.